The third-order valence-electron chi connectivity index (χ3n) is 4.05. The second kappa shape index (κ2) is 8.46. The van der Waals surface area contributed by atoms with Crippen molar-refractivity contribution >= 4 is 17.6 Å². The molecule has 2 heterocycles. The molecule has 1 aliphatic heterocycles. The van der Waals surface area contributed by atoms with Gasteiger partial charge >= 0.3 is 0 Å². The van der Waals surface area contributed by atoms with E-state index in [4.69, 9.17) is 4.98 Å². The summed E-state index contributed by atoms with van der Waals surface area (Å²) < 4.78 is 0. The van der Waals surface area contributed by atoms with E-state index < -0.39 is 0 Å². The van der Waals surface area contributed by atoms with Gasteiger partial charge in [-0.2, -0.15) is 0 Å². The van der Waals surface area contributed by atoms with Crippen molar-refractivity contribution in [1.29, 1.82) is 0 Å². The van der Waals surface area contributed by atoms with Gasteiger partial charge in [-0.1, -0.05) is 30.3 Å². The Hall–Kier alpha value is -1.63. The number of aromatic nitrogens is 2. The molecule has 0 bridgehead atoms. The lowest BCUT2D eigenvalue weighted by atomic mass is 10.2. The summed E-state index contributed by atoms with van der Waals surface area (Å²) in [5, 5.41) is 10.5. The Morgan fingerprint density at radius 1 is 1.12 bits per heavy atom. The second-order valence-corrected chi connectivity index (χ2v) is 7.12. The summed E-state index contributed by atoms with van der Waals surface area (Å²) in [5.74, 6) is 1.85. The number of β-amino-alcohol motifs (C(OH)–C–C–N with tert-alkyl or cyclic N) is 1. The van der Waals surface area contributed by atoms with Gasteiger partial charge in [-0.15, -0.1) is 11.8 Å². The lowest BCUT2D eigenvalue weighted by Crippen LogP contribution is -2.48. The molecule has 1 atom stereocenters. The molecule has 0 amide bonds. The molecular weight excluding hydrogens is 320 g/mol. The molecule has 2 aromatic rings. The van der Waals surface area contributed by atoms with Crippen LogP contribution in [0, 0.1) is 0 Å². The fraction of sp³-hybridized carbons (Fsp3) is 0.444. The largest absolute Gasteiger partial charge is 0.392 e. The summed E-state index contributed by atoms with van der Waals surface area (Å²) >= 11 is 1.72. The van der Waals surface area contributed by atoms with Crippen LogP contribution in [0.2, 0.25) is 0 Å². The molecule has 3 rings (SSSR count). The molecule has 1 N–H and O–H groups in total. The van der Waals surface area contributed by atoms with E-state index in [-0.39, 0.29) is 6.10 Å². The maximum Gasteiger partial charge on any atom is 0.148 e. The Bertz CT molecular complexity index is 630. The Labute approximate surface area is 147 Å². The molecule has 1 aliphatic rings. The van der Waals surface area contributed by atoms with Crippen molar-refractivity contribution < 1.29 is 5.11 Å². The van der Waals surface area contributed by atoms with Crippen molar-refractivity contribution in [1.82, 2.24) is 14.9 Å². The molecule has 128 valence electrons. The molecule has 0 radical (unpaired) electrons. The highest BCUT2D eigenvalue weighted by molar-refractivity contribution is 7.98. The second-order valence-electron chi connectivity index (χ2n) is 6.13. The van der Waals surface area contributed by atoms with Crippen LogP contribution >= 0.6 is 11.8 Å². The van der Waals surface area contributed by atoms with Crippen LogP contribution in [0.4, 0.5) is 5.82 Å². The zero-order valence-electron chi connectivity index (χ0n) is 14.0. The molecule has 0 spiro atoms. The van der Waals surface area contributed by atoms with Crippen molar-refractivity contribution in [3.8, 4) is 0 Å². The summed E-state index contributed by atoms with van der Waals surface area (Å²) in [6.45, 7) is 6.34. The topological polar surface area (TPSA) is 52.5 Å². The average molecular weight is 344 g/mol. The quantitative estimate of drug-likeness (QED) is 0.812. The van der Waals surface area contributed by atoms with Gasteiger partial charge in [0.1, 0.15) is 10.8 Å². The van der Waals surface area contributed by atoms with Crippen LogP contribution in [0.25, 0.3) is 0 Å². The van der Waals surface area contributed by atoms with Crippen molar-refractivity contribution in [2.75, 3.05) is 37.6 Å². The number of thioether (sulfide) groups is 1. The lowest BCUT2D eigenvalue weighted by molar-refractivity contribution is 0.122. The van der Waals surface area contributed by atoms with Gasteiger partial charge in [0.05, 0.1) is 18.5 Å². The number of aliphatic hydroxyl groups excluding tert-OH is 1. The van der Waals surface area contributed by atoms with E-state index in [1.807, 2.05) is 25.4 Å². The molecule has 0 unspecified atom stereocenters. The van der Waals surface area contributed by atoms with Crippen molar-refractivity contribution in [3.05, 3.63) is 48.3 Å². The van der Waals surface area contributed by atoms with Crippen molar-refractivity contribution in [2.45, 2.75) is 23.8 Å². The number of benzene rings is 1. The Morgan fingerprint density at radius 3 is 2.58 bits per heavy atom. The van der Waals surface area contributed by atoms with Gasteiger partial charge in [-0.25, -0.2) is 4.98 Å². The molecule has 5 nitrogen and oxygen atoms in total. The minimum Gasteiger partial charge on any atom is -0.392 e. The number of aliphatic hydroxyl groups is 1. The van der Waals surface area contributed by atoms with Crippen LogP contribution in [0.5, 0.6) is 0 Å². The third kappa shape index (κ3) is 4.93. The molecule has 6 heteroatoms. The molecule has 0 saturated carbocycles. The predicted octanol–water partition coefficient (Wildman–Crippen LogP) is 2.27. The Kier molecular flexibility index (Phi) is 6.07. The van der Waals surface area contributed by atoms with Gasteiger partial charge in [-0.05, 0) is 12.5 Å². The minimum absolute atomic E-state index is 0.269. The first kappa shape index (κ1) is 17.2. The first-order chi connectivity index (χ1) is 11.7. The molecular formula is C18H24N4OS. The van der Waals surface area contributed by atoms with E-state index in [0.717, 1.165) is 49.3 Å². The Morgan fingerprint density at radius 2 is 1.88 bits per heavy atom. The van der Waals surface area contributed by atoms with E-state index in [1.165, 1.54) is 5.56 Å². The van der Waals surface area contributed by atoms with E-state index in [9.17, 15) is 5.11 Å². The monoisotopic (exact) mass is 344 g/mol. The Balaban J connectivity index is 1.56. The molecule has 24 heavy (non-hydrogen) atoms. The maximum atomic E-state index is 9.50. The number of hydrogen-bond donors (Lipinski definition) is 1. The van der Waals surface area contributed by atoms with Crippen LogP contribution in [0.1, 0.15) is 12.5 Å². The maximum absolute atomic E-state index is 9.50. The molecule has 1 aromatic carbocycles. The number of anilines is 1. The fourth-order valence-electron chi connectivity index (χ4n) is 2.82. The highest BCUT2D eigenvalue weighted by Gasteiger charge is 2.19. The number of nitrogens with zero attached hydrogens (tertiary/aromatic N) is 4. The van der Waals surface area contributed by atoms with E-state index in [1.54, 1.807) is 11.8 Å². The normalized spacial score (nSPS) is 17.0. The van der Waals surface area contributed by atoms with Gasteiger partial charge in [0.2, 0.25) is 0 Å². The van der Waals surface area contributed by atoms with Crippen LogP contribution in [-0.4, -0.2) is 58.8 Å². The van der Waals surface area contributed by atoms with Crippen molar-refractivity contribution in [3.63, 3.8) is 0 Å². The first-order valence-corrected chi connectivity index (χ1v) is 9.33. The SMILES string of the molecule is C[C@@H](O)CN1CCN(c2cncc(SCc3ccccc3)n2)CC1. The summed E-state index contributed by atoms with van der Waals surface area (Å²) in [4.78, 5) is 13.7. The fourth-order valence-corrected chi connectivity index (χ4v) is 3.63. The molecule has 0 aliphatic carbocycles. The van der Waals surface area contributed by atoms with Gasteiger partial charge in [0, 0.05) is 38.5 Å². The lowest BCUT2D eigenvalue weighted by Gasteiger charge is -2.35. The van der Waals surface area contributed by atoms with Crippen LogP contribution in [-0.2, 0) is 5.75 Å². The average Bonchev–Trinajstić information content (AvgIpc) is 2.61. The van der Waals surface area contributed by atoms with E-state index in [0.29, 0.717) is 0 Å². The smallest absolute Gasteiger partial charge is 0.148 e. The van der Waals surface area contributed by atoms with Gasteiger partial charge in [0.25, 0.3) is 0 Å². The number of piperazine rings is 1. The summed E-state index contributed by atoms with van der Waals surface area (Å²) in [5.41, 5.74) is 1.29. The van der Waals surface area contributed by atoms with Crippen LogP contribution in [0.15, 0.2) is 47.8 Å². The molecule has 1 fully saturated rings. The summed E-state index contributed by atoms with van der Waals surface area (Å²) in [6.07, 6.45) is 3.41. The minimum atomic E-state index is -0.269. The summed E-state index contributed by atoms with van der Waals surface area (Å²) in [6, 6.07) is 10.4. The molecule has 1 saturated heterocycles. The van der Waals surface area contributed by atoms with Crippen molar-refractivity contribution in [2.24, 2.45) is 0 Å². The standard InChI is InChI=1S/C18H24N4OS/c1-15(23)13-21-7-9-22(10-8-21)17-11-19-12-18(20-17)24-14-16-5-3-2-4-6-16/h2-6,11-12,15,23H,7-10,13-14H2,1H3/t15-/m1/s1. The third-order valence-corrected chi connectivity index (χ3v) is 5.02. The molecule has 1 aromatic heterocycles. The van der Waals surface area contributed by atoms with E-state index >= 15 is 0 Å². The highest BCUT2D eigenvalue weighted by atomic mass is 32.2. The highest BCUT2D eigenvalue weighted by Crippen LogP contribution is 2.22. The first-order valence-electron chi connectivity index (χ1n) is 8.35. The summed E-state index contributed by atoms with van der Waals surface area (Å²) in [7, 11) is 0. The van der Waals surface area contributed by atoms with Crippen LogP contribution < -0.4 is 4.90 Å². The number of rotatable bonds is 6. The van der Waals surface area contributed by atoms with Gasteiger partial charge < -0.3 is 10.0 Å². The number of hydrogen-bond acceptors (Lipinski definition) is 6. The predicted molar refractivity (Wildman–Crippen MR) is 98.4 cm³/mol. The zero-order valence-corrected chi connectivity index (χ0v) is 14.8. The van der Waals surface area contributed by atoms with E-state index in [2.05, 4.69) is 39.0 Å². The van der Waals surface area contributed by atoms with Gasteiger partial charge in [0.15, 0.2) is 0 Å². The van der Waals surface area contributed by atoms with Gasteiger partial charge in [-0.3, -0.25) is 9.88 Å². The van der Waals surface area contributed by atoms with Crippen LogP contribution in [0.3, 0.4) is 0 Å². The zero-order chi connectivity index (χ0) is 16.8.